The Morgan fingerprint density at radius 1 is 1.44 bits per heavy atom. The van der Waals surface area contributed by atoms with Crippen LogP contribution in [-0.2, 0) is 6.54 Å². The van der Waals surface area contributed by atoms with Crippen LogP contribution in [0.3, 0.4) is 0 Å². The lowest BCUT2D eigenvalue weighted by molar-refractivity contribution is 0.0442. The molecular weight excluding hydrogens is 200 g/mol. The fourth-order valence-corrected chi connectivity index (χ4v) is 2.50. The molecule has 1 aromatic heterocycles. The normalized spacial score (nSPS) is 26.9. The van der Waals surface area contributed by atoms with Crippen LogP contribution in [0.15, 0.2) is 24.4 Å². The van der Waals surface area contributed by atoms with Gasteiger partial charge in [0.25, 0.3) is 0 Å². The van der Waals surface area contributed by atoms with Crippen molar-refractivity contribution in [1.29, 1.82) is 0 Å². The first-order chi connectivity index (χ1) is 7.81. The summed E-state index contributed by atoms with van der Waals surface area (Å²) >= 11 is 0. The van der Waals surface area contributed by atoms with Crippen LogP contribution in [-0.4, -0.2) is 33.7 Å². The second-order valence-electron chi connectivity index (χ2n) is 4.61. The van der Waals surface area contributed by atoms with Gasteiger partial charge >= 0.3 is 0 Å². The van der Waals surface area contributed by atoms with Gasteiger partial charge in [0.2, 0.25) is 0 Å². The molecule has 0 aliphatic carbocycles. The Morgan fingerprint density at radius 3 is 3.00 bits per heavy atom. The zero-order chi connectivity index (χ0) is 11.4. The highest BCUT2D eigenvalue weighted by molar-refractivity contribution is 5.04. The van der Waals surface area contributed by atoms with Gasteiger partial charge < -0.3 is 5.11 Å². The van der Waals surface area contributed by atoms with Crippen molar-refractivity contribution in [1.82, 2.24) is 9.88 Å². The van der Waals surface area contributed by atoms with Gasteiger partial charge in [-0.25, -0.2) is 0 Å². The van der Waals surface area contributed by atoms with Crippen LogP contribution in [0.4, 0.5) is 0 Å². The summed E-state index contributed by atoms with van der Waals surface area (Å²) in [6.07, 6.45) is 5.39. The minimum Gasteiger partial charge on any atom is -0.395 e. The zero-order valence-corrected chi connectivity index (χ0v) is 9.84. The molecule has 1 N–H and O–H groups in total. The maximum atomic E-state index is 9.40. The third-order valence-electron chi connectivity index (χ3n) is 3.48. The highest BCUT2D eigenvalue weighted by atomic mass is 16.3. The molecule has 2 unspecified atom stereocenters. The van der Waals surface area contributed by atoms with Gasteiger partial charge in [0.05, 0.1) is 12.3 Å². The Morgan fingerprint density at radius 2 is 2.31 bits per heavy atom. The van der Waals surface area contributed by atoms with Crippen LogP contribution in [0.1, 0.15) is 31.9 Å². The minimum atomic E-state index is 0.261. The average molecular weight is 220 g/mol. The molecule has 1 aliphatic rings. The number of piperidine rings is 1. The van der Waals surface area contributed by atoms with Crippen LogP contribution in [0.5, 0.6) is 0 Å². The van der Waals surface area contributed by atoms with Gasteiger partial charge in [-0.2, -0.15) is 0 Å². The van der Waals surface area contributed by atoms with Gasteiger partial charge in [-0.1, -0.05) is 12.5 Å². The molecule has 1 saturated heterocycles. The highest BCUT2D eigenvalue weighted by Crippen LogP contribution is 2.24. The Kier molecular flexibility index (Phi) is 3.91. The molecule has 16 heavy (non-hydrogen) atoms. The Balaban J connectivity index is 2.05. The van der Waals surface area contributed by atoms with Crippen molar-refractivity contribution < 1.29 is 5.11 Å². The monoisotopic (exact) mass is 220 g/mol. The molecule has 0 spiro atoms. The topological polar surface area (TPSA) is 36.4 Å². The third kappa shape index (κ3) is 2.60. The summed E-state index contributed by atoms with van der Waals surface area (Å²) in [6, 6.07) is 6.87. The molecular formula is C13H20N2O. The van der Waals surface area contributed by atoms with Crippen molar-refractivity contribution in [3.05, 3.63) is 30.1 Å². The van der Waals surface area contributed by atoms with Gasteiger partial charge in [0.1, 0.15) is 0 Å². The van der Waals surface area contributed by atoms with Gasteiger partial charge in [-0.3, -0.25) is 9.88 Å². The van der Waals surface area contributed by atoms with E-state index < -0.39 is 0 Å². The van der Waals surface area contributed by atoms with Gasteiger partial charge in [-0.05, 0) is 31.9 Å². The van der Waals surface area contributed by atoms with E-state index in [1.54, 1.807) is 0 Å². The Labute approximate surface area is 97.1 Å². The minimum absolute atomic E-state index is 0.261. The first-order valence-electron chi connectivity index (χ1n) is 6.07. The quantitative estimate of drug-likeness (QED) is 0.844. The van der Waals surface area contributed by atoms with Crippen molar-refractivity contribution in [3.63, 3.8) is 0 Å². The van der Waals surface area contributed by atoms with Crippen LogP contribution < -0.4 is 0 Å². The smallest absolute Gasteiger partial charge is 0.0587 e. The average Bonchev–Trinajstić information content (AvgIpc) is 2.33. The summed E-state index contributed by atoms with van der Waals surface area (Å²) in [5.74, 6) is 0. The fourth-order valence-electron chi connectivity index (χ4n) is 2.50. The number of nitrogens with zero attached hydrogens (tertiary/aromatic N) is 2. The van der Waals surface area contributed by atoms with Crippen LogP contribution in [0, 0.1) is 0 Å². The third-order valence-corrected chi connectivity index (χ3v) is 3.48. The maximum absolute atomic E-state index is 9.40. The summed E-state index contributed by atoms with van der Waals surface area (Å²) in [7, 11) is 0. The summed E-state index contributed by atoms with van der Waals surface area (Å²) in [5, 5.41) is 9.40. The van der Waals surface area contributed by atoms with Crippen LogP contribution >= 0.6 is 0 Å². The molecule has 1 aliphatic heterocycles. The van der Waals surface area contributed by atoms with E-state index in [2.05, 4.69) is 22.9 Å². The SMILES string of the molecule is CC1CCCC(CO)N1Cc1ccccn1. The maximum Gasteiger partial charge on any atom is 0.0587 e. The molecule has 0 radical (unpaired) electrons. The highest BCUT2D eigenvalue weighted by Gasteiger charge is 2.27. The Hall–Kier alpha value is -0.930. The number of likely N-dealkylation sites (tertiary alicyclic amines) is 1. The number of pyridine rings is 1. The molecule has 2 heterocycles. The van der Waals surface area contributed by atoms with Crippen molar-refractivity contribution >= 4 is 0 Å². The number of aliphatic hydroxyl groups excluding tert-OH is 1. The van der Waals surface area contributed by atoms with Crippen LogP contribution in [0.2, 0.25) is 0 Å². The summed E-state index contributed by atoms with van der Waals surface area (Å²) in [4.78, 5) is 6.73. The second kappa shape index (κ2) is 5.41. The largest absolute Gasteiger partial charge is 0.395 e. The molecule has 1 fully saturated rings. The molecule has 3 nitrogen and oxygen atoms in total. The Bertz CT molecular complexity index is 315. The lowest BCUT2D eigenvalue weighted by Gasteiger charge is -2.39. The standard InChI is InChI=1S/C13H20N2O/c1-11-5-4-7-13(10-16)15(11)9-12-6-2-3-8-14-12/h2-3,6,8,11,13,16H,4-5,7,9-10H2,1H3. The lowest BCUT2D eigenvalue weighted by Crippen LogP contribution is -2.46. The molecule has 0 amide bonds. The first-order valence-corrected chi connectivity index (χ1v) is 6.07. The molecule has 1 aromatic rings. The predicted molar refractivity (Wildman–Crippen MR) is 64.0 cm³/mol. The molecule has 0 bridgehead atoms. The van der Waals surface area contributed by atoms with E-state index in [0.717, 1.165) is 18.7 Å². The fraction of sp³-hybridized carbons (Fsp3) is 0.615. The second-order valence-corrected chi connectivity index (χ2v) is 4.61. The van der Waals surface area contributed by atoms with Crippen LogP contribution in [0.25, 0.3) is 0 Å². The number of hydrogen-bond donors (Lipinski definition) is 1. The molecule has 0 saturated carbocycles. The molecule has 2 atom stereocenters. The summed E-state index contributed by atoms with van der Waals surface area (Å²) in [6.45, 7) is 3.36. The lowest BCUT2D eigenvalue weighted by atomic mass is 9.96. The van der Waals surface area contributed by atoms with Gasteiger partial charge in [0, 0.05) is 24.8 Å². The molecule has 88 valence electrons. The van der Waals surface area contributed by atoms with Gasteiger partial charge in [-0.15, -0.1) is 0 Å². The van der Waals surface area contributed by atoms with Gasteiger partial charge in [0.15, 0.2) is 0 Å². The zero-order valence-electron chi connectivity index (χ0n) is 9.84. The predicted octanol–water partition coefficient (Wildman–Crippen LogP) is 1.82. The van der Waals surface area contributed by atoms with Crippen molar-refractivity contribution in [2.45, 2.75) is 44.8 Å². The van der Waals surface area contributed by atoms with E-state index in [1.807, 2.05) is 18.3 Å². The van der Waals surface area contributed by atoms with Crippen molar-refractivity contribution in [2.24, 2.45) is 0 Å². The van der Waals surface area contributed by atoms with E-state index >= 15 is 0 Å². The van der Waals surface area contributed by atoms with E-state index in [0.29, 0.717) is 12.1 Å². The number of aliphatic hydroxyl groups is 1. The van der Waals surface area contributed by atoms with E-state index in [-0.39, 0.29) is 6.61 Å². The van der Waals surface area contributed by atoms with E-state index in [4.69, 9.17) is 0 Å². The first kappa shape index (κ1) is 11.6. The number of hydrogen-bond acceptors (Lipinski definition) is 3. The molecule has 0 aromatic carbocycles. The molecule has 2 rings (SSSR count). The summed E-state index contributed by atoms with van der Waals surface area (Å²) in [5.41, 5.74) is 1.09. The van der Waals surface area contributed by atoms with Crippen molar-refractivity contribution in [3.8, 4) is 0 Å². The molecule has 3 heteroatoms. The number of aromatic nitrogens is 1. The number of rotatable bonds is 3. The summed E-state index contributed by atoms with van der Waals surface area (Å²) < 4.78 is 0. The van der Waals surface area contributed by atoms with Crippen molar-refractivity contribution in [2.75, 3.05) is 6.61 Å². The van der Waals surface area contributed by atoms with E-state index in [1.165, 1.54) is 12.8 Å². The van der Waals surface area contributed by atoms with E-state index in [9.17, 15) is 5.11 Å².